The van der Waals surface area contributed by atoms with Gasteiger partial charge in [-0.05, 0) is 52.2 Å². The largest absolute Gasteiger partial charge is 0.302 e. The lowest BCUT2D eigenvalue weighted by Crippen LogP contribution is -2.54. The molecular formula is C18H34N4. The van der Waals surface area contributed by atoms with E-state index in [0.717, 1.165) is 24.2 Å². The minimum atomic E-state index is 0.754. The Hall–Kier alpha value is -0.160. The Balaban J connectivity index is 1.39. The third-order valence-electron chi connectivity index (χ3n) is 6.96. The van der Waals surface area contributed by atoms with E-state index < -0.39 is 0 Å². The van der Waals surface area contributed by atoms with Gasteiger partial charge in [0.05, 0.1) is 0 Å². The van der Waals surface area contributed by atoms with Gasteiger partial charge in [0.1, 0.15) is 0 Å². The molecule has 126 valence electrons. The molecule has 0 aliphatic carbocycles. The van der Waals surface area contributed by atoms with Crippen molar-refractivity contribution in [3.05, 3.63) is 0 Å². The van der Waals surface area contributed by atoms with Crippen LogP contribution in [0.15, 0.2) is 0 Å². The monoisotopic (exact) mass is 306 g/mol. The first kappa shape index (κ1) is 15.4. The van der Waals surface area contributed by atoms with E-state index in [0.29, 0.717) is 0 Å². The van der Waals surface area contributed by atoms with Crippen LogP contribution in [0.4, 0.5) is 0 Å². The molecule has 5 fully saturated rings. The summed E-state index contributed by atoms with van der Waals surface area (Å²) in [5.41, 5.74) is 0. The van der Waals surface area contributed by atoms with Crippen molar-refractivity contribution in [2.45, 2.75) is 63.7 Å². The highest BCUT2D eigenvalue weighted by Gasteiger charge is 2.39. The maximum absolute atomic E-state index is 2.87. The number of hydrogen-bond donors (Lipinski definition) is 0. The highest BCUT2D eigenvalue weighted by molar-refractivity contribution is 4.96. The number of hydrogen-bond acceptors (Lipinski definition) is 4. The zero-order valence-corrected chi connectivity index (χ0v) is 14.6. The summed E-state index contributed by atoms with van der Waals surface area (Å²) in [6.45, 7) is 15.4. The van der Waals surface area contributed by atoms with Gasteiger partial charge in [-0.3, -0.25) is 14.7 Å². The summed E-state index contributed by atoms with van der Waals surface area (Å²) in [5, 5.41) is 0. The molecule has 4 unspecified atom stereocenters. The molecule has 22 heavy (non-hydrogen) atoms. The minimum absolute atomic E-state index is 0.754. The molecule has 0 radical (unpaired) electrons. The maximum Gasteiger partial charge on any atom is 0.0238 e. The zero-order valence-electron chi connectivity index (χ0n) is 14.6. The molecule has 5 heterocycles. The second-order valence-corrected chi connectivity index (χ2v) is 8.07. The van der Waals surface area contributed by atoms with Crippen molar-refractivity contribution in [1.29, 1.82) is 0 Å². The Morgan fingerprint density at radius 2 is 1.68 bits per heavy atom. The quantitative estimate of drug-likeness (QED) is 0.777. The van der Waals surface area contributed by atoms with Crippen LogP contribution in [0.2, 0.25) is 0 Å². The van der Waals surface area contributed by atoms with Crippen molar-refractivity contribution in [1.82, 2.24) is 19.6 Å². The Morgan fingerprint density at radius 3 is 2.45 bits per heavy atom. The molecule has 4 heteroatoms. The van der Waals surface area contributed by atoms with Crippen LogP contribution in [-0.2, 0) is 0 Å². The molecule has 0 spiro atoms. The summed E-state index contributed by atoms with van der Waals surface area (Å²) in [6.07, 6.45) is 5.59. The summed E-state index contributed by atoms with van der Waals surface area (Å²) in [5.74, 6) is 0. The number of piperidine rings is 1. The lowest BCUT2D eigenvalue weighted by atomic mass is 9.98. The van der Waals surface area contributed by atoms with Gasteiger partial charge in [-0.2, -0.15) is 0 Å². The Morgan fingerprint density at radius 1 is 0.909 bits per heavy atom. The van der Waals surface area contributed by atoms with Crippen LogP contribution in [0, 0.1) is 0 Å². The molecule has 4 nitrogen and oxygen atoms in total. The molecule has 0 aromatic carbocycles. The predicted octanol–water partition coefficient (Wildman–Crippen LogP) is 1.32. The van der Waals surface area contributed by atoms with Gasteiger partial charge in [0.15, 0.2) is 0 Å². The molecular weight excluding hydrogens is 272 g/mol. The van der Waals surface area contributed by atoms with Gasteiger partial charge in [0.2, 0.25) is 0 Å². The van der Waals surface area contributed by atoms with Gasteiger partial charge in [-0.25, -0.2) is 0 Å². The van der Waals surface area contributed by atoms with Gasteiger partial charge in [-0.15, -0.1) is 0 Å². The Kier molecular flexibility index (Phi) is 4.46. The fourth-order valence-corrected chi connectivity index (χ4v) is 5.57. The second-order valence-electron chi connectivity index (χ2n) is 8.07. The summed E-state index contributed by atoms with van der Waals surface area (Å²) < 4.78 is 0. The fraction of sp³-hybridized carbons (Fsp3) is 1.00. The third-order valence-corrected chi connectivity index (χ3v) is 6.96. The van der Waals surface area contributed by atoms with E-state index in [1.54, 1.807) is 0 Å². The number of likely N-dealkylation sites (N-methyl/N-ethyl adjacent to an activating group) is 1. The second kappa shape index (κ2) is 6.39. The average molecular weight is 306 g/mol. The first-order chi connectivity index (χ1) is 10.7. The van der Waals surface area contributed by atoms with Crippen molar-refractivity contribution in [2.75, 3.05) is 52.4 Å². The summed E-state index contributed by atoms with van der Waals surface area (Å²) in [7, 11) is 0. The van der Waals surface area contributed by atoms with Crippen molar-refractivity contribution < 1.29 is 0 Å². The highest BCUT2D eigenvalue weighted by Crippen LogP contribution is 2.29. The highest BCUT2D eigenvalue weighted by atomic mass is 15.3. The first-order valence-corrected chi connectivity index (χ1v) is 9.70. The Labute approximate surface area is 136 Å². The van der Waals surface area contributed by atoms with E-state index >= 15 is 0 Å². The molecule has 0 aromatic heterocycles. The van der Waals surface area contributed by atoms with Crippen LogP contribution in [0.1, 0.15) is 39.5 Å². The van der Waals surface area contributed by atoms with Crippen molar-refractivity contribution in [3.8, 4) is 0 Å². The third kappa shape index (κ3) is 2.83. The molecule has 5 aliphatic heterocycles. The molecule has 0 N–H and O–H groups in total. The zero-order chi connectivity index (χ0) is 15.1. The molecule has 0 aromatic rings. The van der Waals surface area contributed by atoms with Crippen molar-refractivity contribution >= 4 is 0 Å². The topological polar surface area (TPSA) is 13.0 Å². The van der Waals surface area contributed by atoms with Crippen LogP contribution >= 0.6 is 0 Å². The van der Waals surface area contributed by atoms with E-state index in [-0.39, 0.29) is 0 Å². The van der Waals surface area contributed by atoms with Crippen molar-refractivity contribution in [3.63, 3.8) is 0 Å². The first-order valence-electron chi connectivity index (χ1n) is 9.70. The minimum Gasteiger partial charge on any atom is -0.302 e. The van der Waals surface area contributed by atoms with Gasteiger partial charge in [0.25, 0.3) is 0 Å². The molecule has 5 aliphatic rings. The molecule has 5 rings (SSSR count). The van der Waals surface area contributed by atoms with Gasteiger partial charge in [0, 0.05) is 56.9 Å². The fourth-order valence-electron chi connectivity index (χ4n) is 5.57. The van der Waals surface area contributed by atoms with E-state index in [9.17, 15) is 0 Å². The van der Waals surface area contributed by atoms with Crippen LogP contribution in [-0.4, -0.2) is 96.1 Å². The summed E-state index contributed by atoms with van der Waals surface area (Å²) in [4.78, 5) is 11.1. The van der Waals surface area contributed by atoms with Gasteiger partial charge >= 0.3 is 0 Å². The lowest BCUT2D eigenvalue weighted by molar-refractivity contribution is 0.0556. The standard InChI is InChI=1S/C18H34N4/c1-3-20-14-18(21-9-6-17(20)13-21)12-15(2)22-11-10-19-7-4-16(22)5-8-19/h15-18H,3-14H2,1-2H3. The van der Waals surface area contributed by atoms with Gasteiger partial charge in [-0.1, -0.05) is 6.92 Å². The number of nitrogens with zero attached hydrogens (tertiary/aromatic N) is 4. The normalized spacial score (nSPS) is 44.2. The van der Waals surface area contributed by atoms with Crippen LogP contribution in [0.3, 0.4) is 0 Å². The molecule has 4 bridgehead atoms. The van der Waals surface area contributed by atoms with Crippen LogP contribution in [0.25, 0.3) is 0 Å². The number of piperazine rings is 1. The molecule has 0 saturated carbocycles. The molecule has 4 atom stereocenters. The predicted molar refractivity (Wildman–Crippen MR) is 91.3 cm³/mol. The van der Waals surface area contributed by atoms with E-state index in [4.69, 9.17) is 0 Å². The maximum atomic E-state index is 2.87. The summed E-state index contributed by atoms with van der Waals surface area (Å²) in [6, 6.07) is 3.28. The number of rotatable bonds is 4. The molecule has 5 saturated heterocycles. The molecule has 0 amide bonds. The van der Waals surface area contributed by atoms with E-state index in [2.05, 4.69) is 33.4 Å². The lowest BCUT2D eigenvalue weighted by Gasteiger charge is -2.43. The Bertz CT molecular complexity index is 379. The van der Waals surface area contributed by atoms with Crippen LogP contribution < -0.4 is 0 Å². The number of fused-ring (bicyclic) bond motifs is 6. The SMILES string of the molecule is CCN1CC(CC(C)N2CCN3CCC2CC3)N2CCC1C2. The van der Waals surface area contributed by atoms with Gasteiger partial charge < -0.3 is 4.90 Å². The summed E-state index contributed by atoms with van der Waals surface area (Å²) >= 11 is 0. The smallest absolute Gasteiger partial charge is 0.0238 e. The average Bonchev–Trinajstić information content (AvgIpc) is 2.73. The van der Waals surface area contributed by atoms with E-state index in [1.807, 2.05) is 0 Å². The van der Waals surface area contributed by atoms with E-state index in [1.165, 1.54) is 78.0 Å². The van der Waals surface area contributed by atoms with Crippen LogP contribution in [0.5, 0.6) is 0 Å². The van der Waals surface area contributed by atoms with Crippen molar-refractivity contribution in [2.24, 2.45) is 0 Å².